The maximum atomic E-state index is 12.0. The number of nitrogens with zero attached hydrogens (tertiary/aromatic N) is 1. The monoisotopic (exact) mass is 307 g/mol. The highest BCUT2D eigenvalue weighted by atomic mass is 32.2. The highest BCUT2D eigenvalue weighted by Gasteiger charge is 2.27. The Morgan fingerprint density at radius 2 is 1.95 bits per heavy atom. The Bertz CT molecular complexity index is 488. The molecule has 0 atom stereocenters. The SMILES string of the molecule is Cc1cccc(SC2CCN(C(=O)OC(C)(C)C)CC2)c1. The van der Waals surface area contributed by atoms with Gasteiger partial charge in [-0.15, -0.1) is 11.8 Å². The predicted molar refractivity (Wildman–Crippen MR) is 87.9 cm³/mol. The van der Waals surface area contributed by atoms with E-state index in [0.717, 1.165) is 25.9 Å². The number of amides is 1. The maximum Gasteiger partial charge on any atom is 0.410 e. The average molecular weight is 307 g/mol. The molecule has 1 aromatic carbocycles. The van der Waals surface area contributed by atoms with Crippen LogP contribution in [0.5, 0.6) is 0 Å². The second-order valence-corrected chi connectivity index (χ2v) is 7.97. The fraction of sp³-hybridized carbons (Fsp3) is 0.588. The van der Waals surface area contributed by atoms with Gasteiger partial charge in [0, 0.05) is 23.2 Å². The third kappa shape index (κ3) is 5.27. The number of carbonyl (C=O) groups excluding carboxylic acids is 1. The van der Waals surface area contributed by atoms with Crippen LogP contribution in [0.3, 0.4) is 0 Å². The van der Waals surface area contributed by atoms with Gasteiger partial charge in [-0.3, -0.25) is 0 Å². The van der Waals surface area contributed by atoms with Crippen molar-refractivity contribution in [2.45, 2.75) is 56.3 Å². The number of thioether (sulfide) groups is 1. The number of hydrogen-bond acceptors (Lipinski definition) is 3. The van der Waals surface area contributed by atoms with E-state index >= 15 is 0 Å². The molecule has 1 aliphatic rings. The molecule has 2 rings (SSSR count). The van der Waals surface area contributed by atoms with Gasteiger partial charge in [0.05, 0.1) is 0 Å². The second kappa shape index (κ2) is 6.73. The van der Waals surface area contributed by atoms with Crippen molar-refractivity contribution in [3.05, 3.63) is 29.8 Å². The maximum absolute atomic E-state index is 12.0. The summed E-state index contributed by atoms with van der Waals surface area (Å²) in [5, 5.41) is 0.588. The van der Waals surface area contributed by atoms with Gasteiger partial charge < -0.3 is 9.64 Å². The van der Waals surface area contributed by atoms with Gasteiger partial charge >= 0.3 is 6.09 Å². The van der Waals surface area contributed by atoms with Crippen molar-refractivity contribution in [3.8, 4) is 0 Å². The van der Waals surface area contributed by atoms with Crippen molar-refractivity contribution in [1.29, 1.82) is 0 Å². The Morgan fingerprint density at radius 3 is 2.52 bits per heavy atom. The zero-order valence-electron chi connectivity index (χ0n) is 13.4. The molecule has 1 aromatic rings. The summed E-state index contributed by atoms with van der Waals surface area (Å²) in [5.74, 6) is 0. The first-order valence-electron chi connectivity index (χ1n) is 7.55. The zero-order chi connectivity index (χ0) is 15.5. The first kappa shape index (κ1) is 16.2. The number of benzene rings is 1. The lowest BCUT2D eigenvalue weighted by Crippen LogP contribution is -2.42. The topological polar surface area (TPSA) is 29.5 Å². The minimum absolute atomic E-state index is 0.179. The Morgan fingerprint density at radius 1 is 1.29 bits per heavy atom. The van der Waals surface area contributed by atoms with Crippen LogP contribution in [0.1, 0.15) is 39.2 Å². The van der Waals surface area contributed by atoms with Crippen molar-refractivity contribution >= 4 is 17.9 Å². The molecule has 0 aliphatic carbocycles. The van der Waals surface area contributed by atoms with Gasteiger partial charge in [-0.2, -0.15) is 0 Å². The van der Waals surface area contributed by atoms with Crippen molar-refractivity contribution in [1.82, 2.24) is 4.90 Å². The Kier molecular flexibility index (Phi) is 5.20. The predicted octanol–water partition coefficient (Wildman–Crippen LogP) is 4.49. The minimum atomic E-state index is -0.412. The first-order valence-corrected chi connectivity index (χ1v) is 8.43. The van der Waals surface area contributed by atoms with Gasteiger partial charge in [0.2, 0.25) is 0 Å². The smallest absolute Gasteiger partial charge is 0.410 e. The van der Waals surface area contributed by atoms with Crippen LogP contribution < -0.4 is 0 Å². The summed E-state index contributed by atoms with van der Waals surface area (Å²) in [6.07, 6.45) is 1.87. The fourth-order valence-electron chi connectivity index (χ4n) is 2.36. The van der Waals surface area contributed by atoms with Crippen LogP contribution >= 0.6 is 11.8 Å². The number of ether oxygens (including phenoxy) is 1. The van der Waals surface area contributed by atoms with Gasteiger partial charge in [0.15, 0.2) is 0 Å². The molecule has 4 heteroatoms. The third-order valence-corrected chi connectivity index (χ3v) is 4.72. The molecular formula is C17H25NO2S. The third-order valence-electron chi connectivity index (χ3n) is 3.39. The molecule has 0 radical (unpaired) electrons. The molecule has 3 nitrogen and oxygen atoms in total. The molecule has 0 bridgehead atoms. The Labute approximate surface area is 132 Å². The van der Waals surface area contributed by atoms with E-state index in [0.29, 0.717) is 5.25 Å². The van der Waals surface area contributed by atoms with E-state index in [1.165, 1.54) is 10.5 Å². The van der Waals surface area contributed by atoms with Crippen LogP contribution in [0.15, 0.2) is 29.2 Å². The molecule has 0 aromatic heterocycles. The molecule has 1 heterocycles. The van der Waals surface area contributed by atoms with Crippen LogP contribution in [0, 0.1) is 6.92 Å². The van der Waals surface area contributed by atoms with E-state index in [9.17, 15) is 4.79 Å². The highest BCUT2D eigenvalue weighted by Crippen LogP contribution is 2.31. The Hall–Kier alpha value is -1.16. The number of piperidine rings is 1. The van der Waals surface area contributed by atoms with E-state index in [4.69, 9.17) is 4.74 Å². The van der Waals surface area contributed by atoms with E-state index in [2.05, 4.69) is 31.2 Å². The molecule has 0 N–H and O–H groups in total. The van der Waals surface area contributed by atoms with Crippen molar-refractivity contribution < 1.29 is 9.53 Å². The summed E-state index contributed by atoms with van der Waals surface area (Å²) >= 11 is 1.93. The number of carbonyl (C=O) groups is 1. The summed E-state index contributed by atoms with van der Waals surface area (Å²) in [7, 11) is 0. The second-order valence-electron chi connectivity index (χ2n) is 6.60. The Balaban J connectivity index is 1.82. The van der Waals surface area contributed by atoms with Crippen LogP contribution in [0.25, 0.3) is 0 Å². The van der Waals surface area contributed by atoms with Gasteiger partial charge in [0.25, 0.3) is 0 Å². The molecular weight excluding hydrogens is 282 g/mol. The number of hydrogen-bond donors (Lipinski definition) is 0. The standard InChI is InChI=1S/C17H25NO2S/c1-13-6-5-7-15(12-13)21-14-8-10-18(11-9-14)16(19)20-17(2,3)4/h5-7,12,14H,8-11H2,1-4H3. The van der Waals surface area contributed by atoms with Gasteiger partial charge in [0.1, 0.15) is 5.60 Å². The number of likely N-dealkylation sites (tertiary alicyclic amines) is 1. The van der Waals surface area contributed by atoms with Crippen LogP contribution in [0.2, 0.25) is 0 Å². The molecule has 0 spiro atoms. The summed E-state index contributed by atoms with van der Waals surface area (Å²) in [5.41, 5.74) is 0.885. The molecule has 116 valence electrons. The first-order chi connectivity index (χ1) is 9.83. The van der Waals surface area contributed by atoms with E-state index in [1.807, 2.05) is 37.4 Å². The van der Waals surface area contributed by atoms with E-state index < -0.39 is 5.60 Å². The molecule has 0 unspecified atom stereocenters. The largest absolute Gasteiger partial charge is 0.444 e. The molecule has 1 saturated heterocycles. The molecule has 0 saturated carbocycles. The molecule has 1 aliphatic heterocycles. The lowest BCUT2D eigenvalue weighted by atomic mass is 10.1. The summed E-state index contributed by atoms with van der Waals surface area (Å²) in [4.78, 5) is 15.2. The average Bonchev–Trinajstić information content (AvgIpc) is 2.37. The number of rotatable bonds is 2. The van der Waals surface area contributed by atoms with Crippen LogP contribution in [-0.4, -0.2) is 34.9 Å². The fourth-order valence-corrected chi connectivity index (χ4v) is 3.61. The van der Waals surface area contributed by atoms with Crippen molar-refractivity contribution in [3.63, 3.8) is 0 Å². The lowest BCUT2D eigenvalue weighted by Gasteiger charge is -2.33. The normalized spacial score (nSPS) is 16.9. The molecule has 21 heavy (non-hydrogen) atoms. The van der Waals surface area contributed by atoms with E-state index in [1.54, 1.807) is 0 Å². The quantitative estimate of drug-likeness (QED) is 0.806. The minimum Gasteiger partial charge on any atom is -0.444 e. The molecule has 1 fully saturated rings. The summed E-state index contributed by atoms with van der Waals surface area (Å²) in [6, 6.07) is 8.62. The zero-order valence-corrected chi connectivity index (χ0v) is 14.2. The van der Waals surface area contributed by atoms with E-state index in [-0.39, 0.29) is 6.09 Å². The van der Waals surface area contributed by atoms with Gasteiger partial charge in [-0.1, -0.05) is 17.7 Å². The lowest BCUT2D eigenvalue weighted by molar-refractivity contribution is 0.0219. The molecule has 1 amide bonds. The summed E-state index contributed by atoms with van der Waals surface area (Å²) < 4.78 is 5.43. The summed E-state index contributed by atoms with van der Waals surface area (Å²) in [6.45, 7) is 9.42. The van der Waals surface area contributed by atoms with Crippen molar-refractivity contribution in [2.24, 2.45) is 0 Å². The number of aryl methyl sites for hydroxylation is 1. The van der Waals surface area contributed by atoms with Crippen molar-refractivity contribution in [2.75, 3.05) is 13.1 Å². The van der Waals surface area contributed by atoms with Crippen LogP contribution in [-0.2, 0) is 4.74 Å². The highest BCUT2D eigenvalue weighted by molar-refractivity contribution is 8.00. The van der Waals surface area contributed by atoms with Crippen LogP contribution in [0.4, 0.5) is 4.79 Å². The van der Waals surface area contributed by atoms with Gasteiger partial charge in [-0.25, -0.2) is 4.79 Å². The van der Waals surface area contributed by atoms with Gasteiger partial charge in [-0.05, 0) is 52.7 Å².